The number of aliphatic hydroxyl groups is 1. The molecule has 2 fully saturated rings. The number of rotatable bonds is 5. The topological polar surface area (TPSA) is 52.6 Å². The van der Waals surface area contributed by atoms with Crippen LogP contribution in [0.5, 0.6) is 0 Å². The lowest BCUT2D eigenvalue weighted by molar-refractivity contribution is -0.123. The minimum absolute atomic E-state index is 0.225. The zero-order valence-corrected chi connectivity index (χ0v) is 16.5. The van der Waals surface area contributed by atoms with Gasteiger partial charge in [0.05, 0.1) is 0 Å². The second-order valence-electron chi connectivity index (χ2n) is 7.67. The Hall–Kier alpha value is -1.55. The van der Waals surface area contributed by atoms with E-state index < -0.39 is 0 Å². The van der Waals surface area contributed by atoms with Gasteiger partial charge in [0.2, 0.25) is 5.91 Å². The van der Waals surface area contributed by atoms with Gasteiger partial charge >= 0.3 is 0 Å². The molecule has 1 aromatic rings. The van der Waals surface area contributed by atoms with Gasteiger partial charge in [0, 0.05) is 38.0 Å². The van der Waals surface area contributed by atoms with E-state index in [0.29, 0.717) is 5.91 Å². The molecule has 1 aromatic carbocycles. The van der Waals surface area contributed by atoms with Crippen LogP contribution >= 0.6 is 0 Å². The van der Waals surface area contributed by atoms with E-state index in [4.69, 9.17) is 5.11 Å². The van der Waals surface area contributed by atoms with Crippen LogP contribution in [0.25, 0.3) is 0 Å². The highest BCUT2D eigenvalue weighted by Crippen LogP contribution is 2.28. The van der Waals surface area contributed by atoms with E-state index >= 15 is 0 Å². The summed E-state index contributed by atoms with van der Waals surface area (Å²) in [6.07, 6.45) is 12.7. The Bertz CT molecular complexity index is 535. The summed E-state index contributed by atoms with van der Waals surface area (Å²) in [5, 5.41) is 10.6. The normalized spacial score (nSPS) is 18.6. The van der Waals surface area contributed by atoms with Crippen molar-refractivity contribution in [3.8, 4) is 0 Å². The van der Waals surface area contributed by atoms with Crippen molar-refractivity contribution in [2.75, 3.05) is 30.9 Å². The zero-order chi connectivity index (χ0) is 18.8. The van der Waals surface area contributed by atoms with E-state index in [-0.39, 0.29) is 5.92 Å². The molecule has 0 saturated heterocycles. The summed E-state index contributed by atoms with van der Waals surface area (Å²) in [5.74, 6) is 1.32. The molecule has 26 heavy (non-hydrogen) atoms. The Balaban J connectivity index is 0.00000117. The van der Waals surface area contributed by atoms with Gasteiger partial charge in [-0.15, -0.1) is 0 Å². The molecule has 0 bridgehead atoms. The highest BCUT2D eigenvalue weighted by atomic mass is 16.2. The molecule has 2 aliphatic carbocycles. The third-order valence-corrected chi connectivity index (χ3v) is 5.84. The zero-order valence-electron chi connectivity index (χ0n) is 16.5. The van der Waals surface area contributed by atoms with Crippen molar-refractivity contribution >= 4 is 17.3 Å². The van der Waals surface area contributed by atoms with E-state index in [1.165, 1.54) is 51.4 Å². The summed E-state index contributed by atoms with van der Waals surface area (Å²) in [4.78, 5) is 14.6. The molecule has 0 unspecified atom stereocenters. The van der Waals surface area contributed by atoms with Crippen LogP contribution in [0.4, 0.5) is 11.4 Å². The SMILES string of the molecule is CN(C(=O)C1CCCCC1)c1cccc(NCC2CCCCC2)c1.CO. The third kappa shape index (κ3) is 6.01. The fraction of sp³-hybridized carbons (Fsp3) is 0.682. The molecule has 0 heterocycles. The fourth-order valence-corrected chi connectivity index (χ4v) is 4.23. The summed E-state index contributed by atoms with van der Waals surface area (Å²) in [5.41, 5.74) is 2.15. The molecule has 0 atom stereocenters. The first-order chi connectivity index (χ1) is 12.7. The van der Waals surface area contributed by atoms with Crippen LogP contribution in [-0.4, -0.2) is 31.7 Å². The van der Waals surface area contributed by atoms with E-state index in [1.807, 2.05) is 18.0 Å². The van der Waals surface area contributed by atoms with Crippen LogP contribution in [0.15, 0.2) is 24.3 Å². The van der Waals surface area contributed by atoms with Crippen LogP contribution in [0.2, 0.25) is 0 Å². The highest BCUT2D eigenvalue weighted by molar-refractivity contribution is 5.95. The Morgan fingerprint density at radius 3 is 2.31 bits per heavy atom. The van der Waals surface area contributed by atoms with E-state index in [2.05, 4.69) is 23.5 Å². The monoisotopic (exact) mass is 360 g/mol. The predicted octanol–water partition coefficient (Wildman–Crippen LogP) is 4.83. The Morgan fingerprint density at radius 2 is 1.65 bits per heavy atom. The van der Waals surface area contributed by atoms with E-state index in [1.54, 1.807) is 0 Å². The molecule has 4 nitrogen and oxygen atoms in total. The number of aliphatic hydroxyl groups excluding tert-OH is 1. The van der Waals surface area contributed by atoms with Gasteiger partial charge in [-0.25, -0.2) is 0 Å². The molecule has 146 valence electrons. The fourth-order valence-electron chi connectivity index (χ4n) is 4.23. The number of carbonyl (C=O) groups excluding carboxylic acids is 1. The van der Waals surface area contributed by atoms with Crippen LogP contribution in [0.1, 0.15) is 64.2 Å². The van der Waals surface area contributed by atoms with Gasteiger partial charge in [-0.3, -0.25) is 4.79 Å². The van der Waals surface area contributed by atoms with Crippen molar-refractivity contribution in [1.82, 2.24) is 0 Å². The molecular formula is C22H36N2O2. The minimum Gasteiger partial charge on any atom is -0.400 e. The van der Waals surface area contributed by atoms with Crippen molar-refractivity contribution < 1.29 is 9.90 Å². The number of nitrogens with zero attached hydrogens (tertiary/aromatic N) is 1. The lowest BCUT2D eigenvalue weighted by atomic mass is 9.88. The summed E-state index contributed by atoms with van der Waals surface area (Å²) in [6, 6.07) is 8.35. The first-order valence-corrected chi connectivity index (χ1v) is 10.3. The number of benzene rings is 1. The van der Waals surface area contributed by atoms with Crippen molar-refractivity contribution in [2.24, 2.45) is 11.8 Å². The molecule has 0 spiro atoms. The second kappa shape index (κ2) is 11.2. The van der Waals surface area contributed by atoms with E-state index in [0.717, 1.165) is 43.8 Å². The number of hydrogen-bond donors (Lipinski definition) is 2. The maximum absolute atomic E-state index is 12.7. The summed E-state index contributed by atoms with van der Waals surface area (Å²) >= 11 is 0. The van der Waals surface area contributed by atoms with Gasteiger partial charge in [-0.1, -0.05) is 44.6 Å². The van der Waals surface area contributed by atoms with Crippen LogP contribution in [0, 0.1) is 11.8 Å². The number of nitrogens with one attached hydrogen (secondary N) is 1. The molecule has 2 aliphatic rings. The first-order valence-electron chi connectivity index (χ1n) is 10.3. The van der Waals surface area contributed by atoms with Gasteiger partial charge in [0.25, 0.3) is 0 Å². The average molecular weight is 361 g/mol. The maximum Gasteiger partial charge on any atom is 0.229 e. The van der Waals surface area contributed by atoms with Crippen molar-refractivity contribution in [2.45, 2.75) is 64.2 Å². The largest absolute Gasteiger partial charge is 0.400 e. The van der Waals surface area contributed by atoms with Crippen LogP contribution in [0.3, 0.4) is 0 Å². The van der Waals surface area contributed by atoms with Crippen molar-refractivity contribution in [3.05, 3.63) is 24.3 Å². The van der Waals surface area contributed by atoms with Gasteiger partial charge in [-0.05, 0) is 49.8 Å². The number of hydrogen-bond acceptors (Lipinski definition) is 3. The lowest BCUT2D eigenvalue weighted by Crippen LogP contribution is -2.34. The molecule has 0 radical (unpaired) electrons. The minimum atomic E-state index is 0.225. The van der Waals surface area contributed by atoms with Crippen molar-refractivity contribution in [3.63, 3.8) is 0 Å². The van der Waals surface area contributed by atoms with Gasteiger partial charge in [0.15, 0.2) is 0 Å². The average Bonchev–Trinajstić information content (AvgIpc) is 2.74. The molecular weight excluding hydrogens is 324 g/mol. The Labute approximate surface area is 159 Å². The summed E-state index contributed by atoms with van der Waals surface area (Å²) < 4.78 is 0. The molecule has 2 N–H and O–H groups in total. The van der Waals surface area contributed by atoms with E-state index in [9.17, 15) is 4.79 Å². The number of anilines is 2. The van der Waals surface area contributed by atoms with Gasteiger partial charge in [-0.2, -0.15) is 0 Å². The quantitative estimate of drug-likeness (QED) is 0.791. The number of carbonyl (C=O) groups is 1. The molecule has 2 saturated carbocycles. The first kappa shape index (κ1) is 20.8. The maximum atomic E-state index is 12.7. The van der Waals surface area contributed by atoms with Gasteiger partial charge in [0.1, 0.15) is 0 Å². The Morgan fingerprint density at radius 1 is 1.04 bits per heavy atom. The van der Waals surface area contributed by atoms with Gasteiger partial charge < -0.3 is 15.3 Å². The lowest BCUT2D eigenvalue weighted by Gasteiger charge is -2.27. The molecule has 1 amide bonds. The molecule has 3 rings (SSSR count). The molecule has 0 aliphatic heterocycles. The van der Waals surface area contributed by atoms with Crippen LogP contribution < -0.4 is 10.2 Å². The summed E-state index contributed by atoms with van der Waals surface area (Å²) in [6.45, 7) is 1.06. The molecule has 4 heteroatoms. The van der Waals surface area contributed by atoms with Crippen LogP contribution in [-0.2, 0) is 4.79 Å². The highest BCUT2D eigenvalue weighted by Gasteiger charge is 2.24. The summed E-state index contributed by atoms with van der Waals surface area (Å²) in [7, 11) is 2.93. The predicted molar refractivity (Wildman–Crippen MR) is 110 cm³/mol. The number of amides is 1. The second-order valence-corrected chi connectivity index (χ2v) is 7.67. The third-order valence-electron chi connectivity index (χ3n) is 5.84. The smallest absolute Gasteiger partial charge is 0.229 e. The van der Waals surface area contributed by atoms with Crippen molar-refractivity contribution in [1.29, 1.82) is 0 Å². The Kier molecular flexibility index (Phi) is 8.96. The standard InChI is InChI=1S/C21H32N2O.CH4O/c1-23(21(24)18-11-6-3-7-12-18)20-14-8-13-19(15-20)22-16-17-9-4-2-5-10-17;1-2/h8,13-15,17-18,22H,2-7,9-12,16H2,1H3;2H,1H3. The molecule has 0 aromatic heterocycles.